The van der Waals surface area contributed by atoms with Crippen LogP contribution in [0.5, 0.6) is 0 Å². The van der Waals surface area contributed by atoms with Gasteiger partial charge in [-0.25, -0.2) is 0 Å². The van der Waals surface area contributed by atoms with Crippen molar-refractivity contribution < 1.29 is 9.32 Å². The first-order valence-electron chi connectivity index (χ1n) is 6.05. The number of rotatable bonds is 2. The van der Waals surface area contributed by atoms with Crippen molar-refractivity contribution >= 4 is 5.91 Å². The minimum atomic E-state index is 0.170. The third-order valence-electron chi connectivity index (χ3n) is 3.10. The molecule has 0 unspecified atom stereocenters. The van der Waals surface area contributed by atoms with E-state index in [0.29, 0.717) is 0 Å². The summed E-state index contributed by atoms with van der Waals surface area (Å²) in [5, 5.41) is 4.00. The SMILES string of the molecule is CC(=O)N1CCCN(Cc2cc(C)on2)CC1. The zero-order valence-corrected chi connectivity index (χ0v) is 10.5. The lowest BCUT2D eigenvalue weighted by Gasteiger charge is -2.19. The molecule has 1 aromatic rings. The van der Waals surface area contributed by atoms with Gasteiger partial charge in [0.25, 0.3) is 0 Å². The van der Waals surface area contributed by atoms with E-state index in [2.05, 4.69) is 10.1 Å². The summed E-state index contributed by atoms with van der Waals surface area (Å²) in [5.41, 5.74) is 0.971. The van der Waals surface area contributed by atoms with E-state index in [1.807, 2.05) is 17.9 Å². The summed E-state index contributed by atoms with van der Waals surface area (Å²) in [5.74, 6) is 1.02. The molecule has 0 aliphatic carbocycles. The fourth-order valence-corrected chi connectivity index (χ4v) is 2.17. The Morgan fingerprint density at radius 3 is 2.88 bits per heavy atom. The fraction of sp³-hybridized carbons (Fsp3) is 0.667. The average molecular weight is 237 g/mol. The first-order chi connectivity index (χ1) is 8.15. The van der Waals surface area contributed by atoms with Crippen LogP contribution in [0.2, 0.25) is 0 Å². The number of amides is 1. The van der Waals surface area contributed by atoms with Crippen LogP contribution in [0.25, 0.3) is 0 Å². The molecule has 0 N–H and O–H groups in total. The van der Waals surface area contributed by atoms with E-state index >= 15 is 0 Å². The average Bonchev–Trinajstić information content (AvgIpc) is 2.54. The summed E-state index contributed by atoms with van der Waals surface area (Å²) in [6, 6.07) is 1.97. The van der Waals surface area contributed by atoms with E-state index in [0.717, 1.165) is 50.6 Å². The summed E-state index contributed by atoms with van der Waals surface area (Å²) >= 11 is 0. The maximum absolute atomic E-state index is 11.3. The summed E-state index contributed by atoms with van der Waals surface area (Å²) in [6.45, 7) is 7.94. The molecule has 2 heterocycles. The van der Waals surface area contributed by atoms with Gasteiger partial charge in [0.2, 0.25) is 5.91 Å². The topological polar surface area (TPSA) is 49.6 Å². The van der Waals surface area contributed by atoms with Crippen molar-refractivity contribution in [3.63, 3.8) is 0 Å². The molecule has 17 heavy (non-hydrogen) atoms. The molecule has 5 heteroatoms. The second kappa shape index (κ2) is 5.31. The van der Waals surface area contributed by atoms with Crippen molar-refractivity contribution in [1.29, 1.82) is 0 Å². The molecular weight excluding hydrogens is 218 g/mol. The predicted molar refractivity (Wildman–Crippen MR) is 63.4 cm³/mol. The van der Waals surface area contributed by atoms with Gasteiger partial charge in [0, 0.05) is 45.7 Å². The van der Waals surface area contributed by atoms with Crippen LogP contribution in [0.4, 0.5) is 0 Å². The summed E-state index contributed by atoms with van der Waals surface area (Å²) < 4.78 is 5.06. The second-order valence-corrected chi connectivity index (χ2v) is 4.56. The van der Waals surface area contributed by atoms with Gasteiger partial charge in [0.1, 0.15) is 5.76 Å². The number of carbonyl (C=O) groups is 1. The molecule has 5 nitrogen and oxygen atoms in total. The standard InChI is InChI=1S/C12H19N3O2/c1-10-8-12(13-17-10)9-14-4-3-5-15(7-6-14)11(2)16/h8H,3-7,9H2,1-2H3. The highest BCUT2D eigenvalue weighted by atomic mass is 16.5. The Kier molecular flexibility index (Phi) is 3.78. The van der Waals surface area contributed by atoms with Gasteiger partial charge in [-0.2, -0.15) is 0 Å². The first kappa shape index (κ1) is 12.1. The molecule has 94 valence electrons. The zero-order chi connectivity index (χ0) is 12.3. The van der Waals surface area contributed by atoms with E-state index in [9.17, 15) is 4.79 Å². The molecule has 1 fully saturated rings. The minimum Gasteiger partial charge on any atom is -0.361 e. The second-order valence-electron chi connectivity index (χ2n) is 4.56. The Bertz CT molecular complexity index is 389. The van der Waals surface area contributed by atoms with E-state index < -0.39 is 0 Å². The summed E-state index contributed by atoms with van der Waals surface area (Å²) in [6.07, 6.45) is 1.02. The fourth-order valence-electron chi connectivity index (χ4n) is 2.17. The van der Waals surface area contributed by atoms with Crippen molar-refractivity contribution in [3.8, 4) is 0 Å². The van der Waals surface area contributed by atoms with Crippen LogP contribution >= 0.6 is 0 Å². The Labute approximate surface area is 101 Å². The third-order valence-corrected chi connectivity index (χ3v) is 3.10. The van der Waals surface area contributed by atoms with Crippen molar-refractivity contribution in [2.75, 3.05) is 26.2 Å². The largest absolute Gasteiger partial charge is 0.361 e. The lowest BCUT2D eigenvalue weighted by molar-refractivity contribution is -0.128. The molecule has 0 atom stereocenters. The highest BCUT2D eigenvalue weighted by Gasteiger charge is 2.17. The molecule has 1 saturated heterocycles. The molecule has 0 aromatic carbocycles. The van der Waals surface area contributed by atoms with Crippen LogP contribution < -0.4 is 0 Å². The number of carbonyl (C=O) groups excluding carboxylic acids is 1. The van der Waals surface area contributed by atoms with Gasteiger partial charge >= 0.3 is 0 Å². The molecule has 1 amide bonds. The van der Waals surface area contributed by atoms with Gasteiger partial charge in [-0.3, -0.25) is 9.69 Å². The molecular formula is C12H19N3O2. The van der Waals surface area contributed by atoms with Gasteiger partial charge in [0.05, 0.1) is 5.69 Å². The first-order valence-corrected chi connectivity index (χ1v) is 6.05. The number of nitrogens with zero attached hydrogens (tertiary/aromatic N) is 3. The van der Waals surface area contributed by atoms with Crippen LogP contribution in [-0.4, -0.2) is 47.0 Å². The maximum atomic E-state index is 11.3. The number of hydrogen-bond acceptors (Lipinski definition) is 4. The highest BCUT2D eigenvalue weighted by molar-refractivity contribution is 5.73. The highest BCUT2D eigenvalue weighted by Crippen LogP contribution is 2.09. The van der Waals surface area contributed by atoms with Crippen molar-refractivity contribution in [1.82, 2.24) is 15.0 Å². The van der Waals surface area contributed by atoms with Gasteiger partial charge in [-0.1, -0.05) is 5.16 Å². The molecule has 1 aromatic heterocycles. The monoisotopic (exact) mass is 237 g/mol. The summed E-state index contributed by atoms with van der Waals surface area (Å²) in [4.78, 5) is 15.5. The Morgan fingerprint density at radius 2 is 2.24 bits per heavy atom. The Balaban J connectivity index is 1.88. The van der Waals surface area contributed by atoms with Crippen LogP contribution in [0, 0.1) is 6.92 Å². The molecule has 0 spiro atoms. The normalized spacial score (nSPS) is 18.1. The summed E-state index contributed by atoms with van der Waals surface area (Å²) in [7, 11) is 0. The van der Waals surface area contributed by atoms with Crippen LogP contribution in [0.3, 0.4) is 0 Å². The molecule has 1 aliphatic heterocycles. The minimum absolute atomic E-state index is 0.170. The zero-order valence-electron chi connectivity index (χ0n) is 10.5. The lowest BCUT2D eigenvalue weighted by Crippen LogP contribution is -2.33. The lowest BCUT2D eigenvalue weighted by atomic mass is 10.3. The maximum Gasteiger partial charge on any atom is 0.219 e. The van der Waals surface area contributed by atoms with E-state index in [1.165, 1.54) is 0 Å². The molecule has 0 bridgehead atoms. The predicted octanol–water partition coefficient (Wildman–Crippen LogP) is 1.04. The van der Waals surface area contributed by atoms with Crippen molar-refractivity contribution in [2.24, 2.45) is 0 Å². The van der Waals surface area contributed by atoms with E-state index in [4.69, 9.17) is 4.52 Å². The van der Waals surface area contributed by atoms with Crippen molar-refractivity contribution in [3.05, 3.63) is 17.5 Å². The smallest absolute Gasteiger partial charge is 0.219 e. The third kappa shape index (κ3) is 3.30. The molecule has 2 rings (SSSR count). The van der Waals surface area contributed by atoms with Crippen LogP contribution in [0.1, 0.15) is 24.8 Å². The van der Waals surface area contributed by atoms with Gasteiger partial charge in [-0.05, 0) is 13.3 Å². The molecule has 1 aliphatic rings. The van der Waals surface area contributed by atoms with E-state index in [1.54, 1.807) is 6.92 Å². The van der Waals surface area contributed by atoms with Crippen LogP contribution in [-0.2, 0) is 11.3 Å². The van der Waals surface area contributed by atoms with Crippen LogP contribution in [0.15, 0.2) is 10.6 Å². The Morgan fingerprint density at radius 1 is 1.41 bits per heavy atom. The van der Waals surface area contributed by atoms with Crippen molar-refractivity contribution in [2.45, 2.75) is 26.8 Å². The van der Waals surface area contributed by atoms with Gasteiger partial charge in [-0.15, -0.1) is 0 Å². The molecule has 0 saturated carbocycles. The number of aromatic nitrogens is 1. The van der Waals surface area contributed by atoms with Gasteiger partial charge in [0.15, 0.2) is 0 Å². The number of hydrogen-bond donors (Lipinski definition) is 0. The van der Waals surface area contributed by atoms with Gasteiger partial charge < -0.3 is 9.42 Å². The van der Waals surface area contributed by atoms with E-state index in [-0.39, 0.29) is 5.91 Å². The molecule has 0 radical (unpaired) electrons. The quantitative estimate of drug-likeness (QED) is 0.771. The number of aryl methyl sites for hydroxylation is 1. The Hall–Kier alpha value is -1.36.